The molecule has 57 heavy (non-hydrogen) atoms. The first-order valence-electron chi connectivity index (χ1n) is 17.9. The van der Waals surface area contributed by atoms with Crippen LogP contribution in [0.5, 0.6) is 0 Å². The molecule has 3 rings (SSSR count). The lowest BCUT2D eigenvalue weighted by molar-refractivity contribution is -0.134. The molecule has 5 amide bonds. The van der Waals surface area contributed by atoms with Crippen molar-refractivity contribution in [3.63, 3.8) is 0 Å². The van der Waals surface area contributed by atoms with E-state index in [1.165, 1.54) is 48.2 Å². The van der Waals surface area contributed by atoms with E-state index in [9.17, 15) is 48.9 Å². The number of aliphatic hydroxyl groups excluding tert-OH is 1. The molecule has 12 N–H and O–H groups in total. The van der Waals surface area contributed by atoms with E-state index in [4.69, 9.17) is 11.5 Å². The summed E-state index contributed by atoms with van der Waals surface area (Å²) in [6.07, 6.45) is -1.67. The number of thioether (sulfide) groups is 1. The molecule has 0 saturated carbocycles. The minimum atomic E-state index is -1.81. The summed E-state index contributed by atoms with van der Waals surface area (Å²) in [6.45, 7) is 6.59. The molecule has 3 aromatic rings. The third-order valence-corrected chi connectivity index (χ3v) is 9.53. The standard InChI is InChI=1S/C39H49N7O10S/c1-20(2)13-29(44-36(51)31(21(3)4)46-34(49)28(41)18-42-33(48)23-14-24(39(55)56)16-25(40)15-23)35(50)45-30(19-57-27-11-6-5-7-12-27)32(47)37(52)43-26-10-8-9-22(17-26)38(53)54/h5-12,14-17,20-21,28-32,47H,13,18-19,40-41H2,1-4H3,(H,42,48)(H,43,52)(H,44,51)(H,45,50)(H,46,49)(H,53,54)(H,55,56)/t28-,29-,30+,31-,32+/m0/s1. The van der Waals surface area contributed by atoms with Gasteiger partial charge in [0.05, 0.1) is 17.2 Å². The minimum Gasteiger partial charge on any atom is -0.478 e. The van der Waals surface area contributed by atoms with Crippen LogP contribution in [0.2, 0.25) is 0 Å². The molecule has 5 atom stereocenters. The third-order valence-electron chi connectivity index (χ3n) is 8.40. The Morgan fingerprint density at radius 3 is 1.98 bits per heavy atom. The van der Waals surface area contributed by atoms with Gasteiger partial charge in [-0.3, -0.25) is 24.0 Å². The first-order valence-corrected chi connectivity index (χ1v) is 18.9. The largest absolute Gasteiger partial charge is 0.478 e. The zero-order valence-corrected chi connectivity index (χ0v) is 32.7. The van der Waals surface area contributed by atoms with Crippen LogP contribution < -0.4 is 38.1 Å². The number of aromatic carboxylic acids is 2. The fraction of sp³-hybridized carbons (Fsp3) is 0.359. The predicted molar refractivity (Wildman–Crippen MR) is 213 cm³/mol. The average molecular weight is 808 g/mol. The monoisotopic (exact) mass is 807 g/mol. The molecule has 0 saturated heterocycles. The fourth-order valence-electron chi connectivity index (χ4n) is 5.39. The smallest absolute Gasteiger partial charge is 0.335 e. The van der Waals surface area contributed by atoms with Crippen LogP contribution in [0, 0.1) is 11.8 Å². The molecule has 18 heteroatoms. The maximum atomic E-state index is 13.9. The quantitative estimate of drug-likeness (QED) is 0.0575. The number of anilines is 2. The van der Waals surface area contributed by atoms with Crippen molar-refractivity contribution in [2.45, 2.75) is 69.3 Å². The first-order chi connectivity index (χ1) is 26.9. The molecular weight excluding hydrogens is 759 g/mol. The highest BCUT2D eigenvalue weighted by atomic mass is 32.2. The van der Waals surface area contributed by atoms with E-state index in [1.807, 2.05) is 32.0 Å². The van der Waals surface area contributed by atoms with Gasteiger partial charge in [0.2, 0.25) is 17.7 Å². The third kappa shape index (κ3) is 14.2. The number of carbonyl (C=O) groups excluding carboxylic acids is 5. The van der Waals surface area contributed by atoms with Crippen molar-refractivity contribution in [3.05, 3.63) is 89.5 Å². The first kappa shape index (κ1) is 45.4. The topological polar surface area (TPSA) is 292 Å². The van der Waals surface area contributed by atoms with Crippen LogP contribution in [0.4, 0.5) is 11.4 Å². The molecule has 3 aromatic carbocycles. The minimum absolute atomic E-state index is 0.0271. The number of carbonyl (C=O) groups is 7. The highest BCUT2D eigenvalue weighted by Gasteiger charge is 2.34. The zero-order chi connectivity index (χ0) is 42.4. The number of hydrogen-bond acceptors (Lipinski definition) is 11. The van der Waals surface area contributed by atoms with Gasteiger partial charge in [0.15, 0.2) is 6.10 Å². The molecule has 0 heterocycles. The van der Waals surface area contributed by atoms with Crippen molar-refractivity contribution in [2.24, 2.45) is 17.6 Å². The summed E-state index contributed by atoms with van der Waals surface area (Å²) in [5.41, 5.74) is 11.6. The lowest BCUT2D eigenvalue weighted by Gasteiger charge is -2.29. The van der Waals surface area contributed by atoms with Gasteiger partial charge in [-0.25, -0.2) is 9.59 Å². The molecule has 0 aliphatic rings. The van der Waals surface area contributed by atoms with Crippen molar-refractivity contribution in [2.75, 3.05) is 23.3 Å². The molecule has 0 unspecified atom stereocenters. The number of nitrogens with two attached hydrogens (primary N) is 2. The Kier molecular flexibility index (Phi) is 17.0. The molecule has 0 aliphatic heterocycles. The van der Waals surface area contributed by atoms with E-state index in [-0.39, 0.29) is 52.7 Å². The highest BCUT2D eigenvalue weighted by Crippen LogP contribution is 2.21. The van der Waals surface area contributed by atoms with Gasteiger partial charge < -0.3 is 53.4 Å². The van der Waals surface area contributed by atoms with Crippen LogP contribution >= 0.6 is 11.8 Å². The molecule has 0 bridgehead atoms. The van der Waals surface area contributed by atoms with Crippen LogP contribution in [0.15, 0.2) is 77.7 Å². The van der Waals surface area contributed by atoms with Crippen LogP contribution in [0.3, 0.4) is 0 Å². The Balaban J connectivity index is 1.73. The number of nitrogens with one attached hydrogen (secondary N) is 5. The Bertz CT molecular complexity index is 1930. The van der Waals surface area contributed by atoms with Crippen molar-refractivity contribution >= 4 is 64.6 Å². The van der Waals surface area contributed by atoms with E-state index in [2.05, 4.69) is 26.6 Å². The summed E-state index contributed by atoms with van der Waals surface area (Å²) < 4.78 is 0. The number of carboxylic acids is 2. The molecule has 17 nitrogen and oxygen atoms in total. The van der Waals surface area contributed by atoms with E-state index >= 15 is 0 Å². The molecule has 0 aromatic heterocycles. The molecule has 0 aliphatic carbocycles. The number of aliphatic hydroxyl groups is 1. The van der Waals surface area contributed by atoms with Crippen LogP contribution in [-0.4, -0.2) is 99.4 Å². The van der Waals surface area contributed by atoms with Crippen molar-refractivity contribution < 1.29 is 48.9 Å². The van der Waals surface area contributed by atoms with Crippen molar-refractivity contribution in [3.8, 4) is 0 Å². The zero-order valence-electron chi connectivity index (χ0n) is 31.9. The van der Waals surface area contributed by atoms with Gasteiger partial charge in [0.1, 0.15) is 18.1 Å². The van der Waals surface area contributed by atoms with E-state index in [0.717, 1.165) is 11.0 Å². The Hall–Kier alpha value is -5.98. The normalized spacial score (nSPS) is 13.7. The molecule has 0 spiro atoms. The number of hydrogen-bond donors (Lipinski definition) is 10. The van der Waals surface area contributed by atoms with Gasteiger partial charge in [0, 0.05) is 34.1 Å². The van der Waals surface area contributed by atoms with E-state index < -0.39 is 77.7 Å². The number of rotatable bonds is 20. The van der Waals surface area contributed by atoms with Crippen LogP contribution in [-0.2, 0) is 19.2 Å². The van der Waals surface area contributed by atoms with Crippen molar-refractivity contribution in [1.29, 1.82) is 0 Å². The fourth-order valence-corrected chi connectivity index (χ4v) is 6.38. The summed E-state index contributed by atoms with van der Waals surface area (Å²) in [5, 5.41) is 42.7. The molecular formula is C39H49N7O10S. The lowest BCUT2D eigenvalue weighted by atomic mass is 9.99. The van der Waals surface area contributed by atoms with Gasteiger partial charge in [-0.15, -0.1) is 11.8 Å². The van der Waals surface area contributed by atoms with E-state index in [0.29, 0.717) is 0 Å². The molecule has 306 valence electrons. The predicted octanol–water partition coefficient (Wildman–Crippen LogP) is 1.67. The van der Waals surface area contributed by atoms with Gasteiger partial charge in [-0.1, -0.05) is 52.0 Å². The second-order valence-electron chi connectivity index (χ2n) is 13.9. The summed E-state index contributed by atoms with van der Waals surface area (Å²) in [7, 11) is 0. The summed E-state index contributed by atoms with van der Waals surface area (Å²) in [4.78, 5) is 90.2. The molecule has 0 radical (unpaired) electrons. The lowest BCUT2D eigenvalue weighted by Crippen LogP contribution is -2.60. The highest BCUT2D eigenvalue weighted by molar-refractivity contribution is 7.99. The summed E-state index contributed by atoms with van der Waals surface area (Å²) in [5.74, 6) is -6.97. The van der Waals surface area contributed by atoms with Gasteiger partial charge >= 0.3 is 11.9 Å². The van der Waals surface area contributed by atoms with Gasteiger partial charge in [-0.2, -0.15) is 0 Å². The Labute approximate surface area is 333 Å². The number of amides is 5. The van der Waals surface area contributed by atoms with Crippen LogP contribution in [0.25, 0.3) is 0 Å². The average Bonchev–Trinajstić information content (AvgIpc) is 3.16. The second-order valence-corrected chi connectivity index (χ2v) is 15.0. The SMILES string of the molecule is CC(C)C[C@H](NC(=O)[C@@H](NC(=O)[C@@H](N)CNC(=O)c1cc(N)cc(C(=O)O)c1)C(C)C)C(=O)N[C@H](CSc1ccccc1)[C@@H](O)C(=O)Nc1cccc(C(=O)O)c1. The van der Waals surface area contributed by atoms with Crippen LogP contribution in [0.1, 0.15) is 65.2 Å². The maximum absolute atomic E-state index is 13.9. The Morgan fingerprint density at radius 2 is 1.37 bits per heavy atom. The maximum Gasteiger partial charge on any atom is 0.335 e. The summed E-state index contributed by atoms with van der Waals surface area (Å²) in [6, 6.07) is 13.2. The number of benzene rings is 3. The number of carboxylic acid groups (broad SMARTS) is 2. The molecule has 0 fully saturated rings. The Morgan fingerprint density at radius 1 is 0.719 bits per heavy atom. The van der Waals surface area contributed by atoms with Gasteiger partial charge in [-0.05, 0) is 66.8 Å². The number of nitrogen functional groups attached to an aromatic ring is 1. The summed E-state index contributed by atoms with van der Waals surface area (Å²) >= 11 is 1.26. The van der Waals surface area contributed by atoms with Gasteiger partial charge in [0.25, 0.3) is 11.8 Å². The van der Waals surface area contributed by atoms with Crippen molar-refractivity contribution in [1.82, 2.24) is 21.3 Å². The second kappa shape index (κ2) is 21.4. The van der Waals surface area contributed by atoms with E-state index in [1.54, 1.807) is 26.0 Å².